The van der Waals surface area contributed by atoms with Gasteiger partial charge in [0, 0.05) is 50.3 Å². The van der Waals surface area contributed by atoms with Crippen LogP contribution in [0.3, 0.4) is 0 Å². The van der Waals surface area contributed by atoms with E-state index in [4.69, 9.17) is 0 Å². The van der Waals surface area contributed by atoms with Crippen LogP contribution in [0.2, 0.25) is 0 Å². The number of likely N-dealkylation sites (N-methyl/N-ethyl adjacent to an activating group) is 1. The van der Waals surface area contributed by atoms with Gasteiger partial charge in [-0.3, -0.25) is 4.90 Å². The molecule has 108 valence electrons. The Bertz CT molecular complexity index is 381. The van der Waals surface area contributed by atoms with Gasteiger partial charge in [0.2, 0.25) is 0 Å². The smallest absolute Gasteiger partial charge is 0.134 e. The number of nitrogens with zero attached hydrogens (tertiary/aromatic N) is 4. The minimum Gasteiger partial charge on any atom is -0.374 e. The van der Waals surface area contributed by atoms with Crippen molar-refractivity contribution in [3.05, 3.63) is 5.69 Å². The Morgan fingerprint density at radius 1 is 1.37 bits per heavy atom. The molecule has 1 aliphatic rings. The second-order valence-electron chi connectivity index (χ2n) is 5.25. The van der Waals surface area contributed by atoms with Gasteiger partial charge in [0.1, 0.15) is 10.7 Å². The number of nitrogens with one attached hydrogen (secondary N) is 1. The van der Waals surface area contributed by atoms with Gasteiger partial charge in [0.25, 0.3) is 0 Å². The minimum absolute atomic E-state index is 0.674. The molecule has 0 bridgehead atoms. The number of hydrogen-bond acceptors (Lipinski definition) is 6. The summed E-state index contributed by atoms with van der Waals surface area (Å²) in [5.41, 5.74) is 1.11. The van der Waals surface area contributed by atoms with E-state index in [1.807, 2.05) is 0 Å². The molecule has 5 nitrogen and oxygen atoms in total. The van der Waals surface area contributed by atoms with E-state index in [0.717, 1.165) is 49.8 Å². The largest absolute Gasteiger partial charge is 0.374 e. The van der Waals surface area contributed by atoms with Gasteiger partial charge in [0.05, 0.1) is 0 Å². The second-order valence-corrected chi connectivity index (χ2v) is 6.01. The lowest BCUT2D eigenvalue weighted by atomic mass is 10.1. The van der Waals surface area contributed by atoms with Crippen LogP contribution in [0.15, 0.2) is 0 Å². The topological polar surface area (TPSA) is 44.3 Å². The highest BCUT2D eigenvalue weighted by Crippen LogP contribution is 2.21. The van der Waals surface area contributed by atoms with E-state index < -0.39 is 0 Å². The number of rotatable bonds is 6. The lowest BCUT2D eigenvalue weighted by molar-refractivity contribution is 0.0876. The summed E-state index contributed by atoms with van der Waals surface area (Å²) in [5.74, 6) is 0. The van der Waals surface area contributed by atoms with Crippen LogP contribution >= 0.6 is 11.5 Å². The summed E-state index contributed by atoms with van der Waals surface area (Å²) < 4.78 is 4.09. The third-order valence-corrected chi connectivity index (χ3v) is 4.52. The maximum atomic E-state index is 4.28. The highest BCUT2D eigenvalue weighted by atomic mass is 32.1. The van der Waals surface area contributed by atoms with Gasteiger partial charge in [-0.1, -0.05) is 18.3 Å². The van der Waals surface area contributed by atoms with Crippen molar-refractivity contribution in [2.24, 2.45) is 0 Å². The van der Waals surface area contributed by atoms with Crippen LogP contribution in [-0.2, 0) is 6.54 Å². The van der Waals surface area contributed by atoms with Crippen molar-refractivity contribution in [1.29, 1.82) is 0 Å². The maximum absolute atomic E-state index is 4.28. The summed E-state index contributed by atoms with van der Waals surface area (Å²) in [5, 5.41) is 8.85. The summed E-state index contributed by atoms with van der Waals surface area (Å²) in [6.07, 6.45) is 2.34. The van der Waals surface area contributed by atoms with Gasteiger partial charge in [-0.05, 0) is 19.9 Å². The molecule has 1 aromatic heterocycles. The molecule has 0 aliphatic carbocycles. The van der Waals surface area contributed by atoms with Gasteiger partial charge in [0.15, 0.2) is 0 Å². The molecule has 1 aliphatic heterocycles. The van der Waals surface area contributed by atoms with Crippen LogP contribution in [0.5, 0.6) is 0 Å². The zero-order chi connectivity index (χ0) is 13.7. The van der Waals surface area contributed by atoms with Crippen molar-refractivity contribution in [2.75, 3.05) is 38.5 Å². The molecule has 2 rings (SSSR count). The monoisotopic (exact) mass is 283 g/mol. The molecular weight excluding hydrogens is 258 g/mol. The third-order valence-electron chi connectivity index (χ3n) is 3.80. The highest BCUT2D eigenvalue weighted by molar-refractivity contribution is 7.10. The predicted molar refractivity (Wildman–Crippen MR) is 80.7 cm³/mol. The first kappa shape index (κ1) is 14.7. The van der Waals surface area contributed by atoms with Crippen LogP contribution in [-0.4, -0.2) is 58.7 Å². The molecule has 1 N–H and O–H groups in total. The summed E-state index contributed by atoms with van der Waals surface area (Å²) in [4.78, 5) is 4.97. The summed E-state index contributed by atoms with van der Waals surface area (Å²) in [6, 6.07) is 0.674. The van der Waals surface area contributed by atoms with Crippen molar-refractivity contribution >= 4 is 16.5 Å². The van der Waals surface area contributed by atoms with Crippen molar-refractivity contribution in [1.82, 2.24) is 19.4 Å². The van der Waals surface area contributed by atoms with E-state index in [1.165, 1.54) is 18.0 Å². The molecule has 6 heteroatoms. The molecule has 1 atom stereocenters. The SMILES string of the molecule is CCCNc1snnc1CN1CCN(C)C(CC)C1. The average molecular weight is 283 g/mol. The quantitative estimate of drug-likeness (QED) is 0.863. The average Bonchev–Trinajstić information content (AvgIpc) is 2.86. The fourth-order valence-electron chi connectivity index (χ4n) is 2.49. The maximum Gasteiger partial charge on any atom is 0.134 e. The van der Waals surface area contributed by atoms with Gasteiger partial charge >= 0.3 is 0 Å². The molecule has 1 fully saturated rings. The molecule has 2 heterocycles. The van der Waals surface area contributed by atoms with Gasteiger partial charge in [-0.2, -0.15) is 0 Å². The molecule has 0 saturated carbocycles. The molecule has 0 radical (unpaired) electrons. The summed E-state index contributed by atoms with van der Waals surface area (Å²) >= 11 is 1.48. The first-order chi connectivity index (χ1) is 9.24. The van der Waals surface area contributed by atoms with Crippen LogP contribution in [0.4, 0.5) is 5.00 Å². The van der Waals surface area contributed by atoms with Crippen LogP contribution in [0, 0.1) is 0 Å². The normalized spacial score (nSPS) is 21.7. The first-order valence-electron chi connectivity index (χ1n) is 7.22. The van der Waals surface area contributed by atoms with Crippen molar-refractivity contribution in [3.63, 3.8) is 0 Å². The standard InChI is InChI=1S/C13H25N5S/c1-4-6-14-13-12(15-16-19-13)10-18-8-7-17(3)11(5-2)9-18/h11,14H,4-10H2,1-3H3. The second kappa shape index (κ2) is 7.17. The summed E-state index contributed by atoms with van der Waals surface area (Å²) in [7, 11) is 2.23. The van der Waals surface area contributed by atoms with Crippen LogP contribution in [0.25, 0.3) is 0 Å². The van der Waals surface area contributed by atoms with E-state index in [-0.39, 0.29) is 0 Å². The molecule has 1 saturated heterocycles. The number of hydrogen-bond donors (Lipinski definition) is 1. The van der Waals surface area contributed by atoms with E-state index in [2.05, 4.69) is 45.6 Å². The first-order valence-corrected chi connectivity index (χ1v) is 7.99. The van der Waals surface area contributed by atoms with Crippen LogP contribution < -0.4 is 5.32 Å². The Hall–Kier alpha value is -0.720. The molecule has 19 heavy (non-hydrogen) atoms. The molecular formula is C13H25N5S. The molecule has 1 unspecified atom stereocenters. The summed E-state index contributed by atoms with van der Waals surface area (Å²) in [6.45, 7) is 9.77. The van der Waals surface area contributed by atoms with E-state index in [0.29, 0.717) is 6.04 Å². The molecule has 0 aromatic carbocycles. The number of aromatic nitrogens is 2. The van der Waals surface area contributed by atoms with Crippen molar-refractivity contribution in [2.45, 2.75) is 39.3 Å². The van der Waals surface area contributed by atoms with Gasteiger partial charge in [-0.25, -0.2) is 0 Å². The highest BCUT2D eigenvalue weighted by Gasteiger charge is 2.24. The Labute approximate surface area is 120 Å². The zero-order valence-corrected chi connectivity index (χ0v) is 13.0. The van der Waals surface area contributed by atoms with Crippen LogP contribution in [0.1, 0.15) is 32.4 Å². The van der Waals surface area contributed by atoms with Crippen molar-refractivity contribution < 1.29 is 0 Å². The Balaban J connectivity index is 1.92. The molecule has 0 spiro atoms. The lowest BCUT2D eigenvalue weighted by Gasteiger charge is -2.38. The lowest BCUT2D eigenvalue weighted by Crippen LogP contribution is -2.50. The van der Waals surface area contributed by atoms with E-state index in [9.17, 15) is 0 Å². The Kier molecular flexibility index (Phi) is 5.54. The number of piperazine rings is 1. The fraction of sp³-hybridized carbons (Fsp3) is 0.846. The minimum atomic E-state index is 0.674. The number of anilines is 1. The fourth-order valence-corrected chi connectivity index (χ4v) is 3.09. The van der Waals surface area contributed by atoms with Gasteiger partial charge in [-0.15, -0.1) is 5.10 Å². The van der Waals surface area contributed by atoms with Gasteiger partial charge < -0.3 is 10.2 Å². The van der Waals surface area contributed by atoms with E-state index >= 15 is 0 Å². The predicted octanol–water partition coefficient (Wildman–Crippen LogP) is 1.89. The zero-order valence-electron chi connectivity index (χ0n) is 12.2. The Morgan fingerprint density at radius 2 is 2.21 bits per heavy atom. The Morgan fingerprint density at radius 3 is 2.95 bits per heavy atom. The third kappa shape index (κ3) is 3.87. The van der Waals surface area contributed by atoms with E-state index in [1.54, 1.807) is 0 Å². The molecule has 0 amide bonds. The van der Waals surface area contributed by atoms with Crippen molar-refractivity contribution in [3.8, 4) is 0 Å². The molecule has 1 aromatic rings.